The Morgan fingerprint density at radius 1 is 1.36 bits per heavy atom. The molecule has 0 spiro atoms. The lowest BCUT2D eigenvalue weighted by Crippen LogP contribution is -2.26. The van der Waals surface area contributed by atoms with Crippen LogP contribution in [-0.2, 0) is 4.79 Å². The van der Waals surface area contributed by atoms with E-state index >= 15 is 0 Å². The van der Waals surface area contributed by atoms with Gasteiger partial charge in [0.25, 0.3) is 0 Å². The van der Waals surface area contributed by atoms with Crippen molar-refractivity contribution in [3.63, 3.8) is 0 Å². The normalized spacial score (nSPS) is 12.9. The molecule has 0 aliphatic heterocycles. The number of rotatable bonds is 7. The summed E-state index contributed by atoms with van der Waals surface area (Å²) < 4.78 is 0. The fourth-order valence-electron chi connectivity index (χ4n) is 1.09. The van der Waals surface area contributed by atoms with E-state index in [0.717, 1.165) is 12.8 Å². The molecule has 0 bridgehead atoms. The lowest BCUT2D eigenvalue weighted by Gasteiger charge is -2.09. The predicted octanol–water partition coefficient (Wildman–Crippen LogP) is 1.70. The van der Waals surface area contributed by atoms with Gasteiger partial charge in [-0.2, -0.15) is 0 Å². The van der Waals surface area contributed by atoms with E-state index in [4.69, 9.17) is 0 Å². The molecule has 2 N–H and O–H groups in total. The average molecular weight is 201 g/mol. The van der Waals surface area contributed by atoms with Gasteiger partial charge in [-0.3, -0.25) is 4.79 Å². The molecule has 0 radical (unpaired) electrons. The van der Waals surface area contributed by atoms with E-state index in [9.17, 15) is 9.90 Å². The van der Waals surface area contributed by atoms with Crippen molar-refractivity contribution in [2.75, 3.05) is 6.54 Å². The minimum atomic E-state index is -0.277. The maximum Gasteiger partial charge on any atom is 0.220 e. The van der Waals surface area contributed by atoms with Crippen LogP contribution in [0, 0.1) is 5.92 Å². The molecule has 0 saturated carbocycles. The SMILES string of the molecule is CCC(O)CCNC(=O)CCC(C)C. The molecular formula is C11H23NO2. The summed E-state index contributed by atoms with van der Waals surface area (Å²) in [6.07, 6.45) is 2.66. The number of nitrogens with one attached hydrogen (secondary N) is 1. The van der Waals surface area contributed by atoms with Gasteiger partial charge in [-0.25, -0.2) is 0 Å². The van der Waals surface area contributed by atoms with E-state index < -0.39 is 0 Å². The molecule has 0 aliphatic rings. The van der Waals surface area contributed by atoms with Crippen molar-refractivity contribution in [2.24, 2.45) is 5.92 Å². The molecule has 0 heterocycles. The highest BCUT2D eigenvalue weighted by molar-refractivity contribution is 5.75. The zero-order valence-electron chi connectivity index (χ0n) is 9.55. The summed E-state index contributed by atoms with van der Waals surface area (Å²) in [5.41, 5.74) is 0. The van der Waals surface area contributed by atoms with Gasteiger partial charge in [0, 0.05) is 13.0 Å². The Morgan fingerprint density at radius 2 is 2.00 bits per heavy atom. The number of aliphatic hydroxyl groups excluding tert-OH is 1. The van der Waals surface area contributed by atoms with Crippen LogP contribution in [0.4, 0.5) is 0 Å². The van der Waals surface area contributed by atoms with E-state index in [1.165, 1.54) is 0 Å². The van der Waals surface area contributed by atoms with Crippen LogP contribution >= 0.6 is 0 Å². The summed E-state index contributed by atoms with van der Waals surface area (Å²) in [5.74, 6) is 0.670. The molecular weight excluding hydrogens is 178 g/mol. The van der Waals surface area contributed by atoms with Crippen molar-refractivity contribution in [1.82, 2.24) is 5.32 Å². The predicted molar refractivity (Wildman–Crippen MR) is 58.0 cm³/mol. The highest BCUT2D eigenvalue weighted by Crippen LogP contribution is 2.02. The van der Waals surface area contributed by atoms with Crippen LogP contribution in [0.25, 0.3) is 0 Å². The van der Waals surface area contributed by atoms with Crippen molar-refractivity contribution in [3.05, 3.63) is 0 Å². The summed E-state index contributed by atoms with van der Waals surface area (Å²) in [6.45, 7) is 6.74. The fraction of sp³-hybridized carbons (Fsp3) is 0.909. The van der Waals surface area contributed by atoms with Crippen molar-refractivity contribution < 1.29 is 9.90 Å². The van der Waals surface area contributed by atoms with Crippen LogP contribution in [0.15, 0.2) is 0 Å². The average Bonchev–Trinajstić information content (AvgIpc) is 2.14. The van der Waals surface area contributed by atoms with Gasteiger partial charge in [0.2, 0.25) is 5.91 Å². The Kier molecular flexibility index (Phi) is 7.48. The fourth-order valence-corrected chi connectivity index (χ4v) is 1.09. The molecule has 1 amide bonds. The highest BCUT2D eigenvalue weighted by atomic mass is 16.3. The number of carbonyl (C=O) groups excluding carboxylic acids is 1. The van der Waals surface area contributed by atoms with Crippen LogP contribution < -0.4 is 5.32 Å². The Bertz CT molecular complexity index is 157. The zero-order valence-corrected chi connectivity index (χ0v) is 9.55. The van der Waals surface area contributed by atoms with Crippen molar-refractivity contribution >= 4 is 5.91 Å². The Hall–Kier alpha value is -0.570. The number of carbonyl (C=O) groups is 1. The van der Waals surface area contributed by atoms with E-state index in [2.05, 4.69) is 19.2 Å². The minimum absolute atomic E-state index is 0.0991. The van der Waals surface area contributed by atoms with Crippen LogP contribution in [0.1, 0.15) is 46.5 Å². The van der Waals surface area contributed by atoms with Crippen LogP contribution in [0.2, 0.25) is 0 Å². The first kappa shape index (κ1) is 13.4. The molecule has 1 unspecified atom stereocenters. The highest BCUT2D eigenvalue weighted by Gasteiger charge is 2.04. The van der Waals surface area contributed by atoms with E-state index in [1.54, 1.807) is 0 Å². The molecule has 0 fully saturated rings. The van der Waals surface area contributed by atoms with E-state index in [1.807, 2.05) is 6.92 Å². The molecule has 0 rings (SSSR count). The van der Waals surface area contributed by atoms with Crippen LogP contribution in [0.5, 0.6) is 0 Å². The van der Waals surface area contributed by atoms with E-state index in [0.29, 0.717) is 25.3 Å². The van der Waals surface area contributed by atoms with Crippen molar-refractivity contribution in [1.29, 1.82) is 0 Å². The molecule has 84 valence electrons. The first-order chi connectivity index (χ1) is 6.56. The third-order valence-electron chi connectivity index (χ3n) is 2.22. The first-order valence-electron chi connectivity index (χ1n) is 5.51. The van der Waals surface area contributed by atoms with Crippen molar-refractivity contribution in [3.8, 4) is 0 Å². The first-order valence-corrected chi connectivity index (χ1v) is 5.51. The number of aliphatic hydroxyl groups is 1. The minimum Gasteiger partial charge on any atom is -0.393 e. The molecule has 0 aliphatic carbocycles. The second kappa shape index (κ2) is 7.80. The third kappa shape index (κ3) is 8.05. The van der Waals surface area contributed by atoms with E-state index in [-0.39, 0.29) is 12.0 Å². The molecule has 0 saturated heterocycles. The lowest BCUT2D eigenvalue weighted by atomic mass is 10.1. The molecule has 0 aromatic carbocycles. The monoisotopic (exact) mass is 201 g/mol. The molecule has 3 heteroatoms. The molecule has 14 heavy (non-hydrogen) atoms. The second-order valence-electron chi connectivity index (χ2n) is 4.13. The van der Waals surface area contributed by atoms with Gasteiger partial charge in [0.1, 0.15) is 0 Å². The van der Waals surface area contributed by atoms with Crippen LogP contribution in [-0.4, -0.2) is 23.7 Å². The summed E-state index contributed by atoms with van der Waals surface area (Å²) >= 11 is 0. The van der Waals surface area contributed by atoms with Gasteiger partial charge >= 0.3 is 0 Å². The smallest absolute Gasteiger partial charge is 0.220 e. The zero-order chi connectivity index (χ0) is 11.0. The van der Waals surface area contributed by atoms with Gasteiger partial charge in [-0.05, 0) is 25.2 Å². The van der Waals surface area contributed by atoms with Gasteiger partial charge in [0.15, 0.2) is 0 Å². The maximum absolute atomic E-state index is 11.2. The summed E-state index contributed by atoms with van der Waals surface area (Å²) in [5, 5.41) is 12.0. The van der Waals surface area contributed by atoms with Gasteiger partial charge < -0.3 is 10.4 Å². The summed E-state index contributed by atoms with van der Waals surface area (Å²) in [4.78, 5) is 11.2. The Morgan fingerprint density at radius 3 is 2.50 bits per heavy atom. The number of hydrogen-bond acceptors (Lipinski definition) is 2. The standard InChI is InChI=1S/C11H23NO2/c1-4-10(13)7-8-12-11(14)6-5-9(2)3/h9-10,13H,4-8H2,1-3H3,(H,12,14). The summed E-state index contributed by atoms with van der Waals surface area (Å²) in [7, 11) is 0. The topological polar surface area (TPSA) is 49.3 Å². The van der Waals surface area contributed by atoms with Crippen molar-refractivity contribution in [2.45, 2.75) is 52.6 Å². The second-order valence-corrected chi connectivity index (χ2v) is 4.13. The van der Waals surface area contributed by atoms with Gasteiger partial charge in [0.05, 0.1) is 6.10 Å². The maximum atomic E-state index is 11.2. The van der Waals surface area contributed by atoms with Gasteiger partial charge in [-0.15, -0.1) is 0 Å². The quantitative estimate of drug-likeness (QED) is 0.658. The molecule has 3 nitrogen and oxygen atoms in total. The largest absolute Gasteiger partial charge is 0.393 e. The molecule has 1 atom stereocenters. The van der Waals surface area contributed by atoms with Crippen LogP contribution in [0.3, 0.4) is 0 Å². The lowest BCUT2D eigenvalue weighted by molar-refractivity contribution is -0.121. The summed E-state index contributed by atoms with van der Waals surface area (Å²) in [6, 6.07) is 0. The number of hydrogen-bond donors (Lipinski definition) is 2. The van der Waals surface area contributed by atoms with Gasteiger partial charge in [-0.1, -0.05) is 20.8 Å². The Balaban J connectivity index is 3.35. The molecule has 0 aromatic rings. The molecule has 0 aromatic heterocycles. The third-order valence-corrected chi connectivity index (χ3v) is 2.22. The number of amides is 1. The Labute approximate surface area is 86.9 Å².